The van der Waals surface area contributed by atoms with Crippen LogP contribution >= 0.6 is 0 Å². The maximum atomic E-state index is 11.7. The van der Waals surface area contributed by atoms with Gasteiger partial charge < -0.3 is 14.8 Å². The summed E-state index contributed by atoms with van der Waals surface area (Å²) >= 11 is 0. The zero-order valence-electron chi connectivity index (χ0n) is 13.3. The van der Waals surface area contributed by atoms with Gasteiger partial charge in [0, 0.05) is 5.57 Å². The molecule has 0 heterocycles. The quantitative estimate of drug-likeness (QED) is 0.481. The van der Waals surface area contributed by atoms with Crippen molar-refractivity contribution in [2.75, 3.05) is 6.61 Å². The zero-order valence-corrected chi connectivity index (χ0v) is 13.3. The first-order valence-corrected chi connectivity index (χ1v) is 7.24. The second-order valence-electron chi connectivity index (χ2n) is 6.16. The summed E-state index contributed by atoms with van der Waals surface area (Å²) < 4.78 is 10.1. The molecule has 5 heteroatoms. The minimum absolute atomic E-state index is 0.0696. The molecule has 0 aromatic carbocycles. The Hall–Kier alpha value is -1.78. The Morgan fingerprint density at radius 2 is 2.00 bits per heavy atom. The van der Waals surface area contributed by atoms with Crippen LogP contribution in [0.4, 0.5) is 4.79 Å². The summed E-state index contributed by atoms with van der Waals surface area (Å²) in [4.78, 5) is 23.2. The topological polar surface area (TPSA) is 64.6 Å². The average molecular weight is 295 g/mol. The lowest BCUT2D eigenvalue weighted by Gasteiger charge is -2.21. The van der Waals surface area contributed by atoms with E-state index >= 15 is 0 Å². The molecular formula is C16H25NO4. The molecule has 2 atom stereocenters. The maximum Gasteiger partial charge on any atom is 0.408 e. The summed E-state index contributed by atoms with van der Waals surface area (Å²) in [6.45, 7) is 11.3. The molecule has 0 aromatic heterocycles. The Morgan fingerprint density at radius 1 is 1.33 bits per heavy atom. The summed E-state index contributed by atoms with van der Waals surface area (Å²) in [7, 11) is 0. The highest BCUT2D eigenvalue weighted by atomic mass is 16.6. The van der Waals surface area contributed by atoms with E-state index in [4.69, 9.17) is 9.47 Å². The molecule has 0 radical (unpaired) electrons. The van der Waals surface area contributed by atoms with Gasteiger partial charge in [-0.05, 0) is 46.5 Å². The van der Waals surface area contributed by atoms with E-state index in [1.54, 1.807) is 6.92 Å². The molecule has 0 saturated heterocycles. The molecule has 0 aliphatic heterocycles. The molecule has 1 aliphatic rings. The van der Waals surface area contributed by atoms with Crippen LogP contribution in [0.15, 0.2) is 24.3 Å². The van der Waals surface area contributed by atoms with E-state index in [1.165, 1.54) is 0 Å². The molecule has 0 fully saturated rings. The second kappa shape index (κ2) is 7.29. The van der Waals surface area contributed by atoms with Crippen LogP contribution < -0.4 is 5.32 Å². The lowest BCUT2D eigenvalue weighted by Crippen LogP contribution is -2.37. The van der Waals surface area contributed by atoms with Crippen molar-refractivity contribution in [3.8, 4) is 0 Å². The molecular weight excluding hydrogens is 270 g/mol. The lowest BCUT2D eigenvalue weighted by atomic mass is 9.99. The number of carbonyl (C=O) groups excluding carboxylic acids is 2. The highest BCUT2D eigenvalue weighted by Crippen LogP contribution is 2.25. The van der Waals surface area contributed by atoms with Crippen LogP contribution in [0.2, 0.25) is 0 Å². The van der Waals surface area contributed by atoms with Crippen molar-refractivity contribution in [2.45, 2.75) is 52.2 Å². The average Bonchev–Trinajstić information content (AvgIpc) is 2.73. The molecule has 1 amide bonds. The fourth-order valence-corrected chi connectivity index (χ4v) is 2.12. The summed E-state index contributed by atoms with van der Waals surface area (Å²) in [5, 5.41) is 2.80. The van der Waals surface area contributed by atoms with Crippen molar-refractivity contribution in [1.82, 2.24) is 5.32 Å². The van der Waals surface area contributed by atoms with Gasteiger partial charge in [0.05, 0.1) is 12.6 Å². The van der Waals surface area contributed by atoms with Crippen molar-refractivity contribution in [2.24, 2.45) is 5.92 Å². The van der Waals surface area contributed by atoms with Crippen molar-refractivity contribution in [3.05, 3.63) is 24.3 Å². The monoisotopic (exact) mass is 295 g/mol. The fraction of sp³-hybridized carbons (Fsp3) is 0.625. The molecule has 1 aliphatic carbocycles. The summed E-state index contributed by atoms with van der Waals surface area (Å²) in [6.07, 6.45) is 4.76. The Bertz CT molecular complexity index is 434. The zero-order chi connectivity index (χ0) is 16.0. The van der Waals surface area contributed by atoms with Gasteiger partial charge in [0.15, 0.2) is 0 Å². The molecule has 1 N–H and O–H groups in total. The molecule has 0 spiro atoms. The van der Waals surface area contributed by atoms with Gasteiger partial charge in [0.1, 0.15) is 5.60 Å². The third kappa shape index (κ3) is 6.47. The Balaban J connectivity index is 2.37. The number of hydrogen-bond donors (Lipinski definition) is 1. The van der Waals surface area contributed by atoms with Crippen molar-refractivity contribution in [1.29, 1.82) is 0 Å². The minimum Gasteiger partial charge on any atom is -0.463 e. The van der Waals surface area contributed by atoms with Gasteiger partial charge in [-0.25, -0.2) is 9.59 Å². The van der Waals surface area contributed by atoms with Gasteiger partial charge in [0.2, 0.25) is 0 Å². The van der Waals surface area contributed by atoms with Gasteiger partial charge >= 0.3 is 12.1 Å². The molecule has 0 saturated carbocycles. The van der Waals surface area contributed by atoms with Crippen molar-refractivity contribution in [3.63, 3.8) is 0 Å². The number of amides is 1. The highest BCUT2D eigenvalue weighted by molar-refractivity contribution is 5.87. The summed E-state index contributed by atoms with van der Waals surface area (Å²) in [6, 6.07) is -0.0696. The number of alkyl carbamates (subject to hydrolysis) is 1. The summed E-state index contributed by atoms with van der Waals surface area (Å²) in [5.74, 6) is -0.170. The van der Waals surface area contributed by atoms with Gasteiger partial charge in [-0.1, -0.05) is 18.7 Å². The van der Waals surface area contributed by atoms with E-state index in [0.29, 0.717) is 18.6 Å². The number of allylic oxidation sites excluding steroid dienone is 1. The first kappa shape index (κ1) is 17.3. The SMILES string of the molecule is C=C(C[C@H]1C=C[C@@H](NC(=O)OC(C)(C)C)C1)C(=O)OCC. The molecule has 1 rings (SSSR count). The van der Waals surface area contributed by atoms with Gasteiger partial charge in [-0.2, -0.15) is 0 Å². The van der Waals surface area contributed by atoms with E-state index in [-0.39, 0.29) is 17.9 Å². The van der Waals surface area contributed by atoms with Crippen LogP contribution in [0.3, 0.4) is 0 Å². The Labute approximate surface area is 126 Å². The maximum absolute atomic E-state index is 11.7. The third-order valence-electron chi connectivity index (χ3n) is 2.95. The van der Waals surface area contributed by atoms with Crippen LogP contribution in [0.25, 0.3) is 0 Å². The summed E-state index contributed by atoms with van der Waals surface area (Å²) in [5.41, 5.74) is -0.0475. The highest BCUT2D eigenvalue weighted by Gasteiger charge is 2.24. The predicted molar refractivity (Wildman–Crippen MR) is 80.8 cm³/mol. The third-order valence-corrected chi connectivity index (χ3v) is 2.95. The molecule has 0 aromatic rings. The van der Waals surface area contributed by atoms with Gasteiger partial charge in [-0.3, -0.25) is 0 Å². The number of rotatable bonds is 5. The Kier molecular flexibility index (Phi) is 6.00. The van der Waals surface area contributed by atoms with Crippen LogP contribution in [0.1, 0.15) is 40.5 Å². The largest absolute Gasteiger partial charge is 0.463 e. The molecule has 0 bridgehead atoms. The number of esters is 1. The van der Waals surface area contributed by atoms with E-state index in [0.717, 1.165) is 6.42 Å². The molecule has 21 heavy (non-hydrogen) atoms. The Morgan fingerprint density at radius 3 is 2.57 bits per heavy atom. The fourth-order valence-electron chi connectivity index (χ4n) is 2.12. The minimum atomic E-state index is -0.510. The van der Waals surface area contributed by atoms with Crippen LogP contribution in [0.5, 0.6) is 0 Å². The second-order valence-corrected chi connectivity index (χ2v) is 6.16. The number of hydrogen-bond acceptors (Lipinski definition) is 4. The predicted octanol–water partition coefficient (Wildman–Crippen LogP) is 2.97. The molecule has 5 nitrogen and oxygen atoms in total. The first-order chi connectivity index (χ1) is 9.71. The van der Waals surface area contributed by atoms with Gasteiger partial charge in [-0.15, -0.1) is 0 Å². The number of carbonyl (C=O) groups is 2. The van der Waals surface area contributed by atoms with Crippen LogP contribution in [-0.2, 0) is 14.3 Å². The lowest BCUT2D eigenvalue weighted by molar-refractivity contribution is -0.138. The van der Waals surface area contributed by atoms with E-state index in [1.807, 2.05) is 32.9 Å². The molecule has 118 valence electrons. The van der Waals surface area contributed by atoms with Crippen molar-refractivity contribution >= 4 is 12.1 Å². The van der Waals surface area contributed by atoms with E-state index in [2.05, 4.69) is 11.9 Å². The normalized spacial score (nSPS) is 21.0. The van der Waals surface area contributed by atoms with E-state index < -0.39 is 11.7 Å². The number of ether oxygens (including phenoxy) is 2. The van der Waals surface area contributed by atoms with Gasteiger partial charge in [0.25, 0.3) is 0 Å². The van der Waals surface area contributed by atoms with Crippen molar-refractivity contribution < 1.29 is 19.1 Å². The first-order valence-electron chi connectivity index (χ1n) is 7.24. The van der Waals surface area contributed by atoms with Crippen LogP contribution in [-0.4, -0.2) is 30.3 Å². The molecule has 0 unspecified atom stereocenters. The smallest absolute Gasteiger partial charge is 0.408 e. The standard InChI is InChI=1S/C16H25NO4/c1-6-20-14(18)11(2)9-12-7-8-13(10-12)17-15(19)21-16(3,4)5/h7-8,12-13H,2,6,9-10H2,1,3-5H3,(H,17,19)/t12-,13-/m1/s1. The van der Waals surface area contributed by atoms with Crippen LogP contribution in [0, 0.1) is 5.92 Å². The van der Waals surface area contributed by atoms with E-state index in [9.17, 15) is 9.59 Å². The number of nitrogens with one attached hydrogen (secondary N) is 1.